The summed E-state index contributed by atoms with van der Waals surface area (Å²) in [5.41, 5.74) is 1.84. The van der Waals surface area contributed by atoms with E-state index in [9.17, 15) is 9.59 Å². The number of hydrogen-bond donors (Lipinski definition) is 0. The summed E-state index contributed by atoms with van der Waals surface area (Å²) in [7, 11) is 2.75. The number of methoxy groups -OCH3 is 2. The number of esters is 1. The molecule has 5 nitrogen and oxygen atoms in total. The molecular formula is C24H20O5. The lowest BCUT2D eigenvalue weighted by Gasteiger charge is -2.13. The van der Waals surface area contributed by atoms with Crippen molar-refractivity contribution in [3.8, 4) is 11.5 Å². The standard InChI is InChI=1S/C24H20O5/c1-27-16-21(24(26)28-2)20-13-6-7-14-22(20)29-19-12-8-11-18(15-19)23(25)17-9-4-3-5-10-17/h3-16H,1-2H3/b21-16+. The average molecular weight is 388 g/mol. The van der Waals surface area contributed by atoms with Crippen molar-refractivity contribution in [3.63, 3.8) is 0 Å². The first kappa shape index (κ1) is 19.9. The molecule has 3 aromatic carbocycles. The Morgan fingerprint density at radius 2 is 1.48 bits per heavy atom. The fourth-order valence-corrected chi connectivity index (χ4v) is 2.81. The molecule has 0 bridgehead atoms. The van der Waals surface area contributed by atoms with Crippen molar-refractivity contribution < 1.29 is 23.8 Å². The van der Waals surface area contributed by atoms with Crippen molar-refractivity contribution in [2.45, 2.75) is 0 Å². The fourth-order valence-electron chi connectivity index (χ4n) is 2.81. The van der Waals surface area contributed by atoms with Gasteiger partial charge < -0.3 is 14.2 Å². The second-order valence-electron chi connectivity index (χ2n) is 6.08. The maximum absolute atomic E-state index is 12.7. The van der Waals surface area contributed by atoms with Crippen molar-refractivity contribution in [2.24, 2.45) is 0 Å². The maximum Gasteiger partial charge on any atom is 0.341 e. The van der Waals surface area contributed by atoms with E-state index in [1.54, 1.807) is 60.7 Å². The van der Waals surface area contributed by atoms with Crippen LogP contribution in [0.4, 0.5) is 0 Å². The second-order valence-corrected chi connectivity index (χ2v) is 6.08. The molecule has 29 heavy (non-hydrogen) atoms. The first-order valence-corrected chi connectivity index (χ1v) is 8.92. The van der Waals surface area contributed by atoms with Gasteiger partial charge in [0.15, 0.2) is 5.78 Å². The highest BCUT2D eigenvalue weighted by Crippen LogP contribution is 2.31. The minimum absolute atomic E-state index is 0.0983. The molecule has 0 spiro atoms. The highest BCUT2D eigenvalue weighted by atomic mass is 16.5. The third-order valence-corrected chi connectivity index (χ3v) is 4.18. The van der Waals surface area contributed by atoms with Gasteiger partial charge in [0.2, 0.25) is 0 Å². The Hall–Kier alpha value is -3.86. The van der Waals surface area contributed by atoms with Gasteiger partial charge in [-0.15, -0.1) is 0 Å². The van der Waals surface area contributed by atoms with Crippen LogP contribution in [0.5, 0.6) is 11.5 Å². The van der Waals surface area contributed by atoms with E-state index in [2.05, 4.69) is 0 Å². The van der Waals surface area contributed by atoms with Gasteiger partial charge >= 0.3 is 5.97 Å². The lowest BCUT2D eigenvalue weighted by molar-refractivity contribution is -0.133. The average Bonchev–Trinajstić information content (AvgIpc) is 2.78. The molecule has 3 aromatic rings. The van der Waals surface area contributed by atoms with E-state index in [4.69, 9.17) is 14.2 Å². The third kappa shape index (κ3) is 4.71. The van der Waals surface area contributed by atoms with Gasteiger partial charge in [-0.25, -0.2) is 4.79 Å². The summed E-state index contributed by atoms with van der Waals surface area (Å²) in [6.45, 7) is 0. The summed E-state index contributed by atoms with van der Waals surface area (Å²) in [6, 6.07) is 23.0. The van der Waals surface area contributed by atoms with Crippen molar-refractivity contribution in [2.75, 3.05) is 14.2 Å². The van der Waals surface area contributed by atoms with Gasteiger partial charge in [-0.05, 0) is 18.2 Å². The Morgan fingerprint density at radius 1 is 0.793 bits per heavy atom. The maximum atomic E-state index is 12.7. The number of ketones is 1. The van der Waals surface area contributed by atoms with Crippen LogP contribution in [-0.2, 0) is 14.3 Å². The van der Waals surface area contributed by atoms with Crippen molar-refractivity contribution in [3.05, 3.63) is 102 Å². The molecule has 0 aliphatic rings. The molecule has 0 aliphatic carbocycles. The molecule has 0 aliphatic heterocycles. The molecule has 0 radical (unpaired) electrons. The monoisotopic (exact) mass is 388 g/mol. The lowest BCUT2D eigenvalue weighted by atomic mass is 10.0. The van der Waals surface area contributed by atoms with E-state index in [0.29, 0.717) is 28.2 Å². The zero-order valence-corrected chi connectivity index (χ0v) is 16.1. The Bertz CT molecular complexity index is 1040. The lowest BCUT2D eigenvalue weighted by Crippen LogP contribution is -2.06. The second kappa shape index (κ2) is 9.37. The summed E-state index contributed by atoms with van der Waals surface area (Å²) < 4.78 is 15.9. The number of carbonyl (C=O) groups excluding carboxylic acids is 2. The summed E-state index contributed by atoms with van der Waals surface area (Å²) in [5, 5.41) is 0. The minimum atomic E-state index is -0.545. The van der Waals surface area contributed by atoms with Crippen LogP contribution < -0.4 is 4.74 Å². The summed E-state index contributed by atoms with van der Waals surface area (Å²) in [6.07, 6.45) is 1.31. The van der Waals surface area contributed by atoms with Crippen LogP contribution in [-0.4, -0.2) is 26.0 Å². The summed E-state index contributed by atoms with van der Waals surface area (Å²) in [4.78, 5) is 24.8. The van der Waals surface area contributed by atoms with Gasteiger partial charge in [0.05, 0.1) is 20.5 Å². The molecule has 0 saturated heterocycles. The van der Waals surface area contributed by atoms with E-state index in [-0.39, 0.29) is 11.4 Å². The van der Waals surface area contributed by atoms with Crippen molar-refractivity contribution in [1.82, 2.24) is 0 Å². The van der Waals surface area contributed by atoms with Crippen molar-refractivity contribution in [1.29, 1.82) is 0 Å². The molecule has 0 amide bonds. The third-order valence-electron chi connectivity index (χ3n) is 4.18. The molecule has 3 rings (SSSR count). The predicted octanol–water partition coefficient (Wildman–Crippen LogP) is 4.87. The molecule has 146 valence electrons. The molecule has 0 heterocycles. The SMILES string of the molecule is CO/C=C(/C(=O)OC)c1ccccc1Oc1cccc(C(=O)c2ccccc2)c1. The van der Waals surface area contributed by atoms with E-state index in [0.717, 1.165) is 0 Å². The number of rotatable bonds is 7. The Labute approximate surface area is 169 Å². The summed E-state index contributed by atoms with van der Waals surface area (Å²) in [5.74, 6) is 0.265. The Balaban J connectivity index is 1.93. The van der Waals surface area contributed by atoms with Gasteiger partial charge in [0, 0.05) is 16.7 Å². The number of para-hydroxylation sites is 1. The number of benzene rings is 3. The topological polar surface area (TPSA) is 61.8 Å². The van der Waals surface area contributed by atoms with Gasteiger partial charge in [-0.2, -0.15) is 0 Å². The largest absolute Gasteiger partial charge is 0.503 e. The molecule has 0 fully saturated rings. The van der Waals surface area contributed by atoms with Gasteiger partial charge in [0.25, 0.3) is 0 Å². The van der Waals surface area contributed by atoms with Crippen LogP contribution in [0.1, 0.15) is 21.5 Å². The zero-order valence-electron chi connectivity index (χ0n) is 16.1. The van der Waals surface area contributed by atoms with E-state index >= 15 is 0 Å². The van der Waals surface area contributed by atoms with Crippen LogP contribution in [0.15, 0.2) is 85.1 Å². The van der Waals surface area contributed by atoms with Crippen LogP contribution in [0.2, 0.25) is 0 Å². The summed E-state index contributed by atoms with van der Waals surface area (Å²) >= 11 is 0. The molecular weight excluding hydrogens is 368 g/mol. The predicted molar refractivity (Wildman–Crippen MR) is 110 cm³/mol. The van der Waals surface area contributed by atoms with Gasteiger partial charge in [-0.1, -0.05) is 60.7 Å². The highest BCUT2D eigenvalue weighted by Gasteiger charge is 2.18. The molecule has 0 aromatic heterocycles. The quantitative estimate of drug-likeness (QED) is 0.250. The normalized spacial score (nSPS) is 10.9. The zero-order chi connectivity index (χ0) is 20.6. The highest BCUT2D eigenvalue weighted by molar-refractivity contribution is 6.17. The van der Waals surface area contributed by atoms with Gasteiger partial charge in [-0.3, -0.25) is 4.79 Å². The smallest absolute Gasteiger partial charge is 0.341 e. The molecule has 0 atom stereocenters. The Kier molecular flexibility index (Phi) is 6.43. The minimum Gasteiger partial charge on any atom is -0.503 e. The fraction of sp³-hybridized carbons (Fsp3) is 0.0833. The van der Waals surface area contributed by atoms with Crippen molar-refractivity contribution >= 4 is 17.3 Å². The van der Waals surface area contributed by atoms with E-state index in [1.807, 2.05) is 18.2 Å². The number of carbonyl (C=O) groups is 2. The first-order chi connectivity index (χ1) is 14.1. The van der Waals surface area contributed by atoms with E-state index < -0.39 is 5.97 Å². The first-order valence-electron chi connectivity index (χ1n) is 8.92. The number of ether oxygens (including phenoxy) is 3. The molecule has 0 saturated carbocycles. The van der Waals surface area contributed by atoms with Crippen LogP contribution in [0.25, 0.3) is 5.57 Å². The molecule has 5 heteroatoms. The van der Waals surface area contributed by atoms with Crippen LogP contribution in [0, 0.1) is 0 Å². The molecule has 0 unspecified atom stereocenters. The van der Waals surface area contributed by atoms with Gasteiger partial charge in [0.1, 0.15) is 17.1 Å². The Morgan fingerprint density at radius 3 is 2.21 bits per heavy atom. The molecule has 0 N–H and O–H groups in total. The van der Waals surface area contributed by atoms with Crippen LogP contribution >= 0.6 is 0 Å². The van der Waals surface area contributed by atoms with Crippen LogP contribution in [0.3, 0.4) is 0 Å². The van der Waals surface area contributed by atoms with E-state index in [1.165, 1.54) is 20.5 Å². The number of hydrogen-bond acceptors (Lipinski definition) is 5.